The molecular weight excluding hydrogens is 374 g/mol. The summed E-state index contributed by atoms with van der Waals surface area (Å²) in [5.74, 6) is -0.269. The summed E-state index contributed by atoms with van der Waals surface area (Å²) in [7, 11) is 0. The summed E-state index contributed by atoms with van der Waals surface area (Å²) in [6.07, 6.45) is 3.98. The van der Waals surface area contributed by atoms with Crippen LogP contribution in [0.15, 0.2) is 84.9 Å². The highest BCUT2D eigenvalue weighted by molar-refractivity contribution is 5.80. The SMILES string of the molecule is O=C(O)Cc1ccccc1OCc1ccc(/C=C/c2ccc3ccccc3n2)cc1. The number of hydrogen-bond acceptors (Lipinski definition) is 3. The molecule has 0 radical (unpaired) electrons. The Labute approximate surface area is 175 Å². The van der Waals surface area contributed by atoms with Gasteiger partial charge in [0.15, 0.2) is 0 Å². The lowest BCUT2D eigenvalue weighted by molar-refractivity contribution is -0.136. The Balaban J connectivity index is 1.40. The van der Waals surface area contributed by atoms with Crippen LogP contribution in [-0.2, 0) is 17.8 Å². The number of ether oxygens (including phenoxy) is 1. The number of aromatic nitrogens is 1. The monoisotopic (exact) mass is 395 g/mol. The predicted octanol–water partition coefficient (Wildman–Crippen LogP) is 5.61. The van der Waals surface area contributed by atoms with Gasteiger partial charge in [0.05, 0.1) is 17.6 Å². The van der Waals surface area contributed by atoms with Gasteiger partial charge in [0.2, 0.25) is 0 Å². The van der Waals surface area contributed by atoms with E-state index in [1.54, 1.807) is 12.1 Å². The molecule has 0 aliphatic heterocycles. The number of nitrogens with zero attached hydrogens (tertiary/aromatic N) is 1. The van der Waals surface area contributed by atoms with Gasteiger partial charge in [-0.15, -0.1) is 0 Å². The number of carboxylic acids is 1. The highest BCUT2D eigenvalue weighted by atomic mass is 16.5. The number of carbonyl (C=O) groups is 1. The van der Waals surface area contributed by atoms with Gasteiger partial charge in [-0.3, -0.25) is 4.79 Å². The molecular formula is C26H21NO3. The first kappa shape index (κ1) is 19.4. The molecule has 0 bridgehead atoms. The highest BCUT2D eigenvalue weighted by Gasteiger charge is 2.07. The van der Waals surface area contributed by atoms with Crippen molar-refractivity contribution < 1.29 is 14.6 Å². The molecule has 0 fully saturated rings. The maximum absolute atomic E-state index is 11.0. The van der Waals surface area contributed by atoms with Crippen molar-refractivity contribution in [3.8, 4) is 5.75 Å². The van der Waals surface area contributed by atoms with Crippen molar-refractivity contribution in [2.75, 3.05) is 0 Å². The van der Waals surface area contributed by atoms with Crippen molar-refractivity contribution in [2.45, 2.75) is 13.0 Å². The molecule has 0 unspecified atom stereocenters. The van der Waals surface area contributed by atoms with Gasteiger partial charge in [-0.2, -0.15) is 0 Å². The third-order valence-corrected chi connectivity index (χ3v) is 4.75. The fraction of sp³-hybridized carbons (Fsp3) is 0.0769. The average Bonchev–Trinajstić information content (AvgIpc) is 2.77. The van der Waals surface area contributed by atoms with Crippen molar-refractivity contribution in [3.63, 3.8) is 0 Å². The first-order chi connectivity index (χ1) is 14.7. The Kier molecular flexibility index (Phi) is 5.85. The number of rotatable bonds is 7. The molecule has 148 valence electrons. The van der Waals surface area contributed by atoms with Crippen LogP contribution < -0.4 is 4.74 Å². The largest absolute Gasteiger partial charge is 0.489 e. The van der Waals surface area contributed by atoms with Crippen LogP contribution in [0.25, 0.3) is 23.1 Å². The quantitative estimate of drug-likeness (QED) is 0.442. The molecule has 0 saturated heterocycles. The van der Waals surface area contributed by atoms with Gasteiger partial charge in [0.1, 0.15) is 12.4 Å². The Morgan fingerprint density at radius 2 is 1.63 bits per heavy atom. The van der Waals surface area contributed by atoms with Crippen LogP contribution in [-0.4, -0.2) is 16.1 Å². The molecule has 1 N–H and O–H groups in total. The Morgan fingerprint density at radius 3 is 2.47 bits per heavy atom. The summed E-state index contributed by atoms with van der Waals surface area (Å²) in [5, 5.41) is 10.2. The topological polar surface area (TPSA) is 59.4 Å². The van der Waals surface area contributed by atoms with Gasteiger partial charge < -0.3 is 9.84 Å². The molecule has 0 spiro atoms. The van der Waals surface area contributed by atoms with E-state index in [9.17, 15) is 4.79 Å². The summed E-state index contributed by atoms with van der Waals surface area (Å²) in [6.45, 7) is 0.382. The van der Waals surface area contributed by atoms with Crippen molar-refractivity contribution in [1.82, 2.24) is 4.98 Å². The zero-order chi connectivity index (χ0) is 20.8. The van der Waals surface area contributed by atoms with E-state index < -0.39 is 5.97 Å². The molecule has 1 aromatic heterocycles. The Hall–Kier alpha value is -3.92. The maximum Gasteiger partial charge on any atom is 0.307 e. The molecule has 1 heterocycles. The smallest absolute Gasteiger partial charge is 0.307 e. The second-order valence-electron chi connectivity index (χ2n) is 6.97. The molecule has 0 saturated carbocycles. The second-order valence-corrected chi connectivity index (χ2v) is 6.97. The predicted molar refractivity (Wildman–Crippen MR) is 119 cm³/mol. The van der Waals surface area contributed by atoms with E-state index in [-0.39, 0.29) is 6.42 Å². The third-order valence-electron chi connectivity index (χ3n) is 4.75. The van der Waals surface area contributed by atoms with Gasteiger partial charge in [-0.1, -0.05) is 72.8 Å². The van der Waals surface area contributed by atoms with Gasteiger partial charge in [0, 0.05) is 10.9 Å². The van der Waals surface area contributed by atoms with E-state index in [0.29, 0.717) is 17.9 Å². The van der Waals surface area contributed by atoms with Gasteiger partial charge in [-0.25, -0.2) is 4.98 Å². The van der Waals surface area contributed by atoms with Crippen LogP contribution in [0.2, 0.25) is 0 Å². The van der Waals surface area contributed by atoms with Gasteiger partial charge in [-0.05, 0) is 35.4 Å². The van der Waals surface area contributed by atoms with Crippen LogP contribution in [0.1, 0.15) is 22.4 Å². The lowest BCUT2D eigenvalue weighted by atomic mass is 10.1. The van der Waals surface area contributed by atoms with E-state index in [0.717, 1.165) is 27.7 Å². The fourth-order valence-electron chi connectivity index (χ4n) is 3.20. The van der Waals surface area contributed by atoms with E-state index in [1.807, 2.05) is 72.8 Å². The summed E-state index contributed by atoms with van der Waals surface area (Å²) in [4.78, 5) is 15.6. The van der Waals surface area contributed by atoms with E-state index in [1.165, 1.54) is 0 Å². The number of fused-ring (bicyclic) bond motifs is 1. The Morgan fingerprint density at radius 1 is 0.867 bits per heavy atom. The van der Waals surface area contributed by atoms with E-state index >= 15 is 0 Å². The minimum atomic E-state index is -0.872. The number of aliphatic carboxylic acids is 1. The third kappa shape index (κ3) is 4.92. The van der Waals surface area contributed by atoms with E-state index in [2.05, 4.69) is 17.1 Å². The normalized spacial score (nSPS) is 11.1. The Bertz CT molecular complexity index is 1200. The summed E-state index contributed by atoms with van der Waals surface area (Å²) in [6, 6.07) is 27.4. The first-order valence-corrected chi connectivity index (χ1v) is 9.73. The van der Waals surface area contributed by atoms with Crippen molar-refractivity contribution in [3.05, 3.63) is 107 Å². The summed E-state index contributed by atoms with van der Waals surface area (Å²) < 4.78 is 5.84. The number of pyridine rings is 1. The lowest BCUT2D eigenvalue weighted by Crippen LogP contribution is -2.04. The second kappa shape index (κ2) is 9.05. The van der Waals surface area contributed by atoms with Gasteiger partial charge in [0.25, 0.3) is 0 Å². The van der Waals surface area contributed by atoms with Crippen molar-refractivity contribution in [1.29, 1.82) is 0 Å². The first-order valence-electron chi connectivity index (χ1n) is 9.73. The van der Waals surface area contributed by atoms with Crippen molar-refractivity contribution >= 4 is 29.0 Å². The maximum atomic E-state index is 11.0. The van der Waals surface area contributed by atoms with Crippen LogP contribution in [0, 0.1) is 0 Å². The number of hydrogen-bond donors (Lipinski definition) is 1. The number of para-hydroxylation sites is 2. The van der Waals surface area contributed by atoms with Crippen LogP contribution in [0.4, 0.5) is 0 Å². The van der Waals surface area contributed by atoms with Crippen LogP contribution in [0.5, 0.6) is 5.75 Å². The molecule has 0 aliphatic carbocycles. The minimum absolute atomic E-state index is 0.0529. The molecule has 4 heteroatoms. The molecule has 0 amide bonds. The van der Waals surface area contributed by atoms with Crippen LogP contribution >= 0.6 is 0 Å². The molecule has 0 aliphatic rings. The molecule has 4 aromatic rings. The highest BCUT2D eigenvalue weighted by Crippen LogP contribution is 2.20. The van der Waals surface area contributed by atoms with Crippen molar-refractivity contribution in [2.24, 2.45) is 0 Å². The van der Waals surface area contributed by atoms with E-state index in [4.69, 9.17) is 9.84 Å². The zero-order valence-electron chi connectivity index (χ0n) is 16.4. The molecule has 0 atom stereocenters. The number of benzene rings is 3. The fourth-order valence-corrected chi connectivity index (χ4v) is 3.20. The molecule has 3 aromatic carbocycles. The lowest BCUT2D eigenvalue weighted by Gasteiger charge is -2.10. The summed E-state index contributed by atoms with van der Waals surface area (Å²) >= 11 is 0. The average molecular weight is 395 g/mol. The van der Waals surface area contributed by atoms with Crippen LogP contribution in [0.3, 0.4) is 0 Å². The molecule has 4 rings (SSSR count). The standard InChI is InChI=1S/C26H21NO3/c28-26(29)17-22-6-2-4-8-25(22)30-18-20-11-9-19(10-12-20)13-15-23-16-14-21-5-1-3-7-24(21)27-23/h1-16H,17-18H2,(H,28,29)/b15-13+. The van der Waals surface area contributed by atoms with Gasteiger partial charge >= 0.3 is 5.97 Å². The minimum Gasteiger partial charge on any atom is -0.489 e. The molecule has 30 heavy (non-hydrogen) atoms. The summed E-state index contributed by atoms with van der Waals surface area (Å²) in [5.41, 5.74) is 4.65. The number of carboxylic acid groups (broad SMARTS) is 1. The molecule has 4 nitrogen and oxygen atoms in total. The zero-order valence-corrected chi connectivity index (χ0v) is 16.4.